The van der Waals surface area contributed by atoms with Crippen molar-refractivity contribution >= 4 is 11.9 Å². The Kier molecular flexibility index (Phi) is 4.14. The van der Waals surface area contributed by atoms with Gasteiger partial charge in [0.2, 0.25) is 5.91 Å². The zero-order chi connectivity index (χ0) is 17.8. The molecule has 6 nitrogen and oxygen atoms in total. The number of likely N-dealkylation sites (N-methyl/N-ethyl adjacent to an activating group) is 1. The first-order chi connectivity index (χ1) is 12.6. The predicted molar refractivity (Wildman–Crippen MR) is 99.8 cm³/mol. The van der Waals surface area contributed by atoms with Crippen LogP contribution in [0.15, 0.2) is 4.99 Å². The van der Waals surface area contributed by atoms with Crippen LogP contribution in [0, 0.1) is 23.7 Å². The summed E-state index contributed by atoms with van der Waals surface area (Å²) in [6.07, 6.45) is 8.77. The maximum absolute atomic E-state index is 12.1. The molecule has 1 amide bonds. The van der Waals surface area contributed by atoms with Crippen LogP contribution in [0.4, 0.5) is 0 Å². The molecular formula is C20H32N4O2. The third kappa shape index (κ3) is 3.10. The van der Waals surface area contributed by atoms with Crippen LogP contribution in [0.5, 0.6) is 0 Å². The van der Waals surface area contributed by atoms with E-state index < -0.39 is 0 Å². The van der Waals surface area contributed by atoms with Crippen molar-refractivity contribution in [3.63, 3.8) is 0 Å². The monoisotopic (exact) mass is 360 g/mol. The standard InChI is InChI=1S/C20H32N4O2/c1-23(2)18(25)9-21-20(22-19(12-3-4-12)13-5-6-13)24-10-14-15(11-24)17-8-7-16(14)26-17/h12-17,19H,3-11H2,1-2H3,(H,21,22). The number of carbonyl (C=O) groups excluding carboxylic acids is 1. The SMILES string of the molecule is CN(C)C(=O)CN=C(NC(C1CC1)C1CC1)N1CC2C3CCC(O3)C2C1. The number of likely N-dealkylation sites (tertiary alicyclic amines) is 1. The molecule has 26 heavy (non-hydrogen) atoms. The average Bonchev–Trinajstić information content (AvgIpc) is 3.52. The Bertz CT molecular complexity index is 569. The van der Waals surface area contributed by atoms with Gasteiger partial charge in [-0.25, -0.2) is 4.99 Å². The fraction of sp³-hybridized carbons (Fsp3) is 0.900. The van der Waals surface area contributed by atoms with Crippen molar-refractivity contribution in [1.29, 1.82) is 0 Å². The molecule has 4 atom stereocenters. The van der Waals surface area contributed by atoms with Gasteiger partial charge in [0.15, 0.2) is 5.96 Å². The number of amides is 1. The number of guanidine groups is 1. The molecule has 3 heterocycles. The van der Waals surface area contributed by atoms with Gasteiger partial charge in [0.1, 0.15) is 6.54 Å². The lowest BCUT2D eigenvalue weighted by atomic mass is 9.82. The molecule has 2 saturated carbocycles. The van der Waals surface area contributed by atoms with Gasteiger partial charge >= 0.3 is 0 Å². The number of ether oxygens (including phenoxy) is 1. The highest BCUT2D eigenvalue weighted by atomic mass is 16.5. The average molecular weight is 361 g/mol. The van der Waals surface area contributed by atoms with E-state index in [-0.39, 0.29) is 12.5 Å². The van der Waals surface area contributed by atoms with Crippen LogP contribution in [0.3, 0.4) is 0 Å². The fourth-order valence-electron chi connectivity index (χ4n) is 5.33. The number of nitrogens with one attached hydrogen (secondary N) is 1. The van der Waals surface area contributed by atoms with Crippen LogP contribution in [-0.2, 0) is 9.53 Å². The quantitative estimate of drug-likeness (QED) is 0.593. The second-order valence-electron chi connectivity index (χ2n) is 9.30. The van der Waals surface area contributed by atoms with Crippen LogP contribution < -0.4 is 5.32 Å². The predicted octanol–water partition coefficient (Wildman–Crippen LogP) is 1.32. The van der Waals surface area contributed by atoms with Crippen molar-refractivity contribution in [3.05, 3.63) is 0 Å². The van der Waals surface area contributed by atoms with E-state index in [0.717, 1.165) is 30.9 Å². The van der Waals surface area contributed by atoms with Crippen molar-refractivity contribution in [2.75, 3.05) is 33.7 Å². The van der Waals surface area contributed by atoms with Gasteiger partial charge in [0.05, 0.1) is 12.2 Å². The van der Waals surface area contributed by atoms with Crippen LogP contribution in [0.1, 0.15) is 38.5 Å². The first kappa shape index (κ1) is 16.8. The zero-order valence-corrected chi connectivity index (χ0v) is 16.1. The number of aliphatic imine (C=N–C) groups is 1. The second-order valence-corrected chi connectivity index (χ2v) is 9.30. The maximum Gasteiger partial charge on any atom is 0.243 e. The molecule has 1 N–H and O–H groups in total. The third-order valence-electron chi connectivity index (χ3n) is 7.17. The van der Waals surface area contributed by atoms with E-state index in [0.29, 0.717) is 30.1 Å². The summed E-state index contributed by atoms with van der Waals surface area (Å²) in [4.78, 5) is 21.0. The first-order valence-corrected chi connectivity index (χ1v) is 10.5. The number of hydrogen-bond acceptors (Lipinski definition) is 3. The highest BCUT2D eigenvalue weighted by molar-refractivity contribution is 5.85. The Morgan fingerprint density at radius 1 is 1.08 bits per heavy atom. The van der Waals surface area contributed by atoms with E-state index >= 15 is 0 Å². The van der Waals surface area contributed by atoms with Gasteiger partial charge in [-0.05, 0) is 50.4 Å². The van der Waals surface area contributed by atoms with Gasteiger partial charge in [-0.1, -0.05) is 0 Å². The summed E-state index contributed by atoms with van der Waals surface area (Å²) in [5.41, 5.74) is 0. The molecule has 2 bridgehead atoms. The summed E-state index contributed by atoms with van der Waals surface area (Å²) in [5, 5.41) is 3.82. The van der Waals surface area contributed by atoms with Crippen molar-refractivity contribution in [3.8, 4) is 0 Å². The first-order valence-electron chi connectivity index (χ1n) is 10.5. The Hall–Kier alpha value is -1.30. The lowest BCUT2D eigenvalue weighted by Crippen LogP contribution is -2.48. The van der Waals surface area contributed by atoms with Crippen LogP contribution in [0.2, 0.25) is 0 Å². The van der Waals surface area contributed by atoms with Gasteiger partial charge in [-0.15, -0.1) is 0 Å². The number of fused-ring (bicyclic) bond motifs is 5. The van der Waals surface area contributed by atoms with Crippen LogP contribution in [-0.4, -0.2) is 73.6 Å². The molecule has 0 aromatic carbocycles. The van der Waals surface area contributed by atoms with E-state index in [2.05, 4.69) is 10.2 Å². The van der Waals surface area contributed by atoms with Gasteiger partial charge in [0, 0.05) is 45.1 Å². The topological polar surface area (TPSA) is 57.2 Å². The molecule has 4 unspecified atom stereocenters. The molecule has 0 radical (unpaired) electrons. The van der Waals surface area contributed by atoms with E-state index in [4.69, 9.17) is 9.73 Å². The Morgan fingerprint density at radius 2 is 1.65 bits per heavy atom. The summed E-state index contributed by atoms with van der Waals surface area (Å²) in [5.74, 6) is 4.01. The summed E-state index contributed by atoms with van der Waals surface area (Å²) in [6, 6.07) is 0.566. The fourth-order valence-corrected chi connectivity index (χ4v) is 5.33. The molecule has 6 heteroatoms. The number of nitrogens with zero attached hydrogens (tertiary/aromatic N) is 3. The molecule has 0 spiro atoms. The van der Waals surface area contributed by atoms with E-state index in [1.165, 1.54) is 38.5 Å². The lowest BCUT2D eigenvalue weighted by molar-refractivity contribution is -0.127. The molecule has 144 valence electrons. The van der Waals surface area contributed by atoms with Crippen LogP contribution >= 0.6 is 0 Å². The molecule has 5 aliphatic rings. The minimum absolute atomic E-state index is 0.0708. The summed E-state index contributed by atoms with van der Waals surface area (Å²) in [6.45, 7) is 2.32. The Labute approximate surface area is 156 Å². The maximum atomic E-state index is 12.1. The van der Waals surface area contributed by atoms with Gasteiger partial charge < -0.3 is 19.9 Å². The highest BCUT2D eigenvalue weighted by Gasteiger charge is 2.54. The summed E-state index contributed by atoms with van der Waals surface area (Å²) < 4.78 is 6.13. The van der Waals surface area contributed by atoms with Crippen LogP contribution in [0.25, 0.3) is 0 Å². The van der Waals surface area contributed by atoms with Gasteiger partial charge in [-0.2, -0.15) is 0 Å². The highest BCUT2D eigenvalue weighted by Crippen LogP contribution is 2.48. The molecule has 3 saturated heterocycles. The minimum Gasteiger partial charge on any atom is -0.374 e. The number of hydrogen-bond donors (Lipinski definition) is 1. The Balaban J connectivity index is 1.32. The van der Waals surface area contributed by atoms with Crippen molar-refractivity contribution in [2.45, 2.75) is 56.8 Å². The number of rotatable bonds is 5. The Morgan fingerprint density at radius 3 is 2.15 bits per heavy atom. The summed E-state index contributed by atoms with van der Waals surface area (Å²) in [7, 11) is 3.61. The molecule has 5 fully saturated rings. The minimum atomic E-state index is 0.0708. The molecule has 3 aliphatic heterocycles. The lowest BCUT2D eigenvalue weighted by Gasteiger charge is -2.28. The molecular weight excluding hydrogens is 328 g/mol. The normalized spacial score (nSPS) is 36.0. The third-order valence-corrected chi connectivity index (χ3v) is 7.17. The molecule has 2 aliphatic carbocycles. The van der Waals surface area contributed by atoms with Gasteiger partial charge in [-0.3, -0.25) is 4.79 Å². The van der Waals surface area contributed by atoms with Crippen molar-refractivity contribution in [2.24, 2.45) is 28.7 Å². The van der Waals surface area contributed by atoms with E-state index in [1.807, 2.05) is 0 Å². The molecule has 0 aromatic heterocycles. The molecule has 0 aromatic rings. The van der Waals surface area contributed by atoms with E-state index in [9.17, 15) is 4.79 Å². The smallest absolute Gasteiger partial charge is 0.243 e. The number of carbonyl (C=O) groups is 1. The van der Waals surface area contributed by atoms with Gasteiger partial charge in [0.25, 0.3) is 0 Å². The van der Waals surface area contributed by atoms with E-state index in [1.54, 1.807) is 19.0 Å². The van der Waals surface area contributed by atoms with Crippen molar-refractivity contribution < 1.29 is 9.53 Å². The second kappa shape index (κ2) is 6.39. The largest absolute Gasteiger partial charge is 0.374 e. The van der Waals surface area contributed by atoms with Crippen molar-refractivity contribution in [1.82, 2.24) is 15.1 Å². The molecule has 5 rings (SSSR count). The summed E-state index contributed by atoms with van der Waals surface area (Å²) >= 11 is 0. The zero-order valence-electron chi connectivity index (χ0n) is 16.1.